The van der Waals surface area contributed by atoms with Gasteiger partial charge in [0.1, 0.15) is 11.3 Å². The number of nitrogens with one attached hydrogen (secondary N) is 1. The zero-order valence-corrected chi connectivity index (χ0v) is 19.1. The third-order valence-corrected chi connectivity index (χ3v) is 6.77. The molecule has 0 aliphatic carbocycles. The summed E-state index contributed by atoms with van der Waals surface area (Å²) >= 11 is 0. The van der Waals surface area contributed by atoms with Crippen molar-refractivity contribution in [1.82, 2.24) is 9.13 Å². The maximum Gasteiger partial charge on any atom is 0.330 e. The Bertz CT molecular complexity index is 1650. The molecule has 2 N–H and O–H groups in total. The zero-order valence-electron chi connectivity index (χ0n) is 18.2. The van der Waals surface area contributed by atoms with E-state index in [1.165, 1.54) is 28.8 Å². The van der Waals surface area contributed by atoms with E-state index >= 15 is 0 Å². The maximum atomic E-state index is 13.5. The summed E-state index contributed by atoms with van der Waals surface area (Å²) in [5.74, 6) is -1.76. The average Bonchev–Trinajstić information content (AvgIpc) is 3.09. The molecule has 0 amide bonds. The second-order valence-electron chi connectivity index (χ2n) is 8.48. The number of rotatable bonds is 4. The van der Waals surface area contributed by atoms with Gasteiger partial charge in [-0.3, -0.25) is 4.79 Å². The lowest BCUT2D eigenvalue weighted by atomic mass is 9.98. The van der Waals surface area contributed by atoms with Crippen LogP contribution in [0.3, 0.4) is 0 Å². The molecule has 2 aromatic carbocycles. The number of nitrogens with zero attached hydrogens (tertiary/aromatic N) is 2. The van der Waals surface area contributed by atoms with Gasteiger partial charge in [-0.1, -0.05) is 6.07 Å². The van der Waals surface area contributed by atoms with Gasteiger partial charge in [0.2, 0.25) is 0 Å². The predicted molar refractivity (Wildman–Crippen MR) is 126 cm³/mol. The normalized spacial score (nSPS) is 15.0. The fourth-order valence-electron chi connectivity index (χ4n) is 4.49. The van der Waals surface area contributed by atoms with Crippen LogP contribution in [0, 0.1) is 5.82 Å². The lowest BCUT2D eigenvalue weighted by Gasteiger charge is -2.16. The first-order valence-electron chi connectivity index (χ1n) is 10.3. The summed E-state index contributed by atoms with van der Waals surface area (Å²) in [4.78, 5) is 25.6. The highest BCUT2D eigenvalue weighted by atomic mass is 32.2. The number of hydrogen-bond donors (Lipinski definition) is 2. The fourth-order valence-corrected chi connectivity index (χ4v) is 5.28. The van der Waals surface area contributed by atoms with Crippen LogP contribution in [0.4, 0.5) is 10.1 Å². The molecular weight excluding hydrogens is 461 g/mol. The fraction of sp³-hybridized carbons (Fsp3) is 0.167. The molecule has 0 fully saturated rings. The number of hydrogen-bond acceptors (Lipinski definition) is 5. The van der Waals surface area contributed by atoms with Crippen molar-refractivity contribution in [2.75, 3.05) is 11.6 Å². The van der Waals surface area contributed by atoms with Crippen molar-refractivity contribution in [3.8, 4) is 16.8 Å². The summed E-state index contributed by atoms with van der Waals surface area (Å²) in [6.07, 6.45) is 4.35. The molecule has 0 spiro atoms. The van der Waals surface area contributed by atoms with Crippen LogP contribution >= 0.6 is 0 Å². The molecule has 8 nitrogen and oxygen atoms in total. The number of pyridine rings is 1. The highest BCUT2D eigenvalue weighted by Gasteiger charge is 2.32. The van der Waals surface area contributed by atoms with Gasteiger partial charge in [0, 0.05) is 59.1 Å². The molecule has 2 aromatic heterocycles. The van der Waals surface area contributed by atoms with Crippen LogP contribution in [-0.2, 0) is 27.4 Å². The van der Waals surface area contributed by atoms with E-state index in [-0.39, 0.29) is 16.8 Å². The second-order valence-corrected chi connectivity index (χ2v) is 10.6. The summed E-state index contributed by atoms with van der Waals surface area (Å²) in [5, 5.41) is 13.5. The lowest BCUT2D eigenvalue weighted by Crippen LogP contribution is -2.19. The minimum Gasteiger partial charge on any atom is -0.479 e. The lowest BCUT2D eigenvalue weighted by molar-refractivity contribution is -0.138. The molecule has 174 valence electrons. The molecule has 1 aliphatic heterocycles. The van der Waals surface area contributed by atoms with Crippen molar-refractivity contribution in [2.24, 2.45) is 7.05 Å². The predicted octanol–water partition coefficient (Wildman–Crippen LogP) is 3.23. The number of carboxylic acid groups (broad SMARTS) is 1. The molecule has 0 radical (unpaired) electrons. The summed E-state index contributed by atoms with van der Waals surface area (Å²) in [7, 11) is -1.71. The highest BCUT2D eigenvalue weighted by Crippen LogP contribution is 2.43. The van der Waals surface area contributed by atoms with E-state index in [0.29, 0.717) is 39.0 Å². The van der Waals surface area contributed by atoms with Crippen molar-refractivity contribution in [3.05, 3.63) is 82.2 Å². The van der Waals surface area contributed by atoms with Gasteiger partial charge in [0.05, 0.1) is 5.75 Å². The minimum absolute atomic E-state index is 0.180. The number of carbonyl (C=O) groups is 1. The number of carboxylic acids is 1. The largest absolute Gasteiger partial charge is 0.479 e. The van der Waals surface area contributed by atoms with Crippen LogP contribution in [0.1, 0.15) is 17.2 Å². The number of sulfone groups is 1. The Labute approximate surface area is 193 Å². The van der Waals surface area contributed by atoms with Crippen LogP contribution in [0.25, 0.3) is 27.7 Å². The molecule has 1 atom stereocenters. The second kappa shape index (κ2) is 7.56. The van der Waals surface area contributed by atoms with Crippen molar-refractivity contribution in [2.45, 2.75) is 11.8 Å². The number of benzene rings is 2. The molecule has 1 unspecified atom stereocenters. The van der Waals surface area contributed by atoms with Gasteiger partial charge >= 0.3 is 5.97 Å². The van der Waals surface area contributed by atoms with Crippen molar-refractivity contribution < 1.29 is 22.7 Å². The first kappa shape index (κ1) is 21.9. The molecule has 0 saturated heterocycles. The van der Waals surface area contributed by atoms with E-state index in [2.05, 4.69) is 5.32 Å². The van der Waals surface area contributed by atoms with Gasteiger partial charge in [-0.05, 0) is 42.0 Å². The number of aromatic nitrogens is 2. The highest BCUT2D eigenvalue weighted by molar-refractivity contribution is 7.89. The van der Waals surface area contributed by atoms with Gasteiger partial charge in [0.25, 0.3) is 5.56 Å². The minimum atomic E-state index is -3.30. The molecule has 4 aromatic rings. The van der Waals surface area contributed by atoms with Gasteiger partial charge in [-0.25, -0.2) is 17.6 Å². The molecule has 5 rings (SSSR count). The van der Waals surface area contributed by atoms with Crippen molar-refractivity contribution in [1.29, 1.82) is 0 Å². The Morgan fingerprint density at radius 1 is 1.12 bits per heavy atom. The third kappa shape index (κ3) is 3.56. The van der Waals surface area contributed by atoms with Gasteiger partial charge in [-0.15, -0.1) is 0 Å². The Morgan fingerprint density at radius 3 is 2.47 bits per heavy atom. The van der Waals surface area contributed by atoms with Crippen molar-refractivity contribution in [3.63, 3.8) is 0 Å². The molecule has 10 heteroatoms. The number of aryl methyl sites for hydroxylation is 1. The molecule has 0 bridgehead atoms. The van der Waals surface area contributed by atoms with E-state index < -0.39 is 27.7 Å². The molecular formula is C24H20FN3O5S. The van der Waals surface area contributed by atoms with E-state index in [0.717, 1.165) is 6.26 Å². The Hall–Kier alpha value is -3.92. The average molecular weight is 482 g/mol. The first-order valence-corrected chi connectivity index (χ1v) is 12.4. The summed E-state index contributed by atoms with van der Waals surface area (Å²) in [6, 6.07) is 9.38. The Kier molecular flexibility index (Phi) is 4.87. The van der Waals surface area contributed by atoms with Crippen LogP contribution < -0.4 is 10.9 Å². The van der Waals surface area contributed by atoms with Crippen LogP contribution in [0.5, 0.6) is 0 Å². The topological polar surface area (TPSA) is 110 Å². The van der Waals surface area contributed by atoms with E-state index in [9.17, 15) is 27.5 Å². The van der Waals surface area contributed by atoms with Crippen molar-refractivity contribution >= 4 is 32.4 Å². The number of fused-ring (bicyclic) bond motifs is 2. The maximum absolute atomic E-state index is 13.5. The van der Waals surface area contributed by atoms with E-state index in [1.807, 2.05) is 0 Å². The summed E-state index contributed by atoms with van der Waals surface area (Å²) in [6.45, 7) is 0. The van der Waals surface area contributed by atoms with E-state index in [1.54, 1.807) is 42.2 Å². The standard InChI is InChI=1S/C24H20FN3O5S/c1-27-10-17-16-9-13(12-34(2,32)33)3-8-19(16)26-21(24(30)31)18-11-28(22(20(17)18)23(27)29)15-6-4-14(25)5-7-15/h3-11,21,26H,12H2,1-2H3,(H,30,31). The quantitative estimate of drug-likeness (QED) is 0.463. The number of halogens is 1. The zero-order chi connectivity index (χ0) is 24.4. The monoisotopic (exact) mass is 481 g/mol. The van der Waals surface area contributed by atoms with Gasteiger partial charge in [0.15, 0.2) is 15.9 Å². The first-order chi connectivity index (χ1) is 16.0. The molecule has 0 saturated carbocycles. The Balaban J connectivity index is 1.89. The van der Waals surface area contributed by atoms with Crippen LogP contribution in [-0.4, -0.2) is 34.9 Å². The molecule has 1 aliphatic rings. The summed E-state index contributed by atoms with van der Waals surface area (Å²) in [5.41, 5.74) is 3.00. The van der Waals surface area contributed by atoms with Gasteiger partial charge in [-0.2, -0.15) is 0 Å². The summed E-state index contributed by atoms with van der Waals surface area (Å²) < 4.78 is 40.3. The smallest absolute Gasteiger partial charge is 0.330 e. The molecule has 3 heterocycles. The van der Waals surface area contributed by atoms with E-state index in [4.69, 9.17) is 0 Å². The third-order valence-electron chi connectivity index (χ3n) is 5.92. The van der Waals surface area contributed by atoms with Crippen LogP contribution in [0.2, 0.25) is 0 Å². The number of aliphatic carboxylic acids is 1. The Morgan fingerprint density at radius 2 is 1.82 bits per heavy atom. The van der Waals surface area contributed by atoms with Gasteiger partial charge < -0.3 is 19.6 Å². The van der Waals surface area contributed by atoms with Crippen LogP contribution in [0.15, 0.2) is 59.7 Å². The SMILES string of the molecule is Cn1cc2c3c(cn(-c4ccc(F)cc4)c3c1=O)C(C(=O)O)Nc1ccc(CS(C)(=O)=O)cc1-2. The molecule has 34 heavy (non-hydrogen) atoms. The number of anilines is 1.